The molecule has 0 bridgehead atoms. The van der Waals surface area contributed by atoms with Gasteiger partial charge in [0.15, 0.2) is 11.5 Å². The van der Waals surface area contributed by atoms with Gasteiger partial charge in [0.25, 0.3) is 0 Å². The third-order valence-electron chi connectivity index (χ3n) is 3.40. The van der Waals surface area contributed by atoms with Crippen LogP contribution in [0.15, 0.2) is 18.2 Å². The summed E-state index contributed by atoms with van der Waals surface area (Å²) in [6.45, 7) is 1.59. The molecule has 0 saturated carbocycles. The van der Waals surface area contributed by atoms with Gasteiger partial charge in [-0.15, -0.1) is 0 Å². The molecule has 0 radical (unpaired) electrons. The average molecular weight is 282 g/mol. The van der Waals surface area contributed by atoms with Crippen LogP contribution in [-0.4, -0.2) is 45.3 Å². The van der Waals surface area contributed by atoms with Crippen molar-refractivity contribution in [3.8, 4) is 11.5 Å². The van der Waals surface area contributed by atoms with Gasteiger partial charge >= 0.3 is 0 Å². The van der Waals surface area contributed by atoms with Crippen LogP contribution in [0.3, 0.4) is 0 Å². The highest BCUT2D eigenvalue weighted by atomic mass is 16.5. The zero-order valence-corrected chi connectivity index (χ0v) is 12.0. The van der Waals surface area contributed by atoms with Crippen LogP contribution in [-0.2, 0) is 9.47 Å². The van der Waals surface area contributed by atoms with Crippen molar-refractivity contribution >= 4 is 0 Å². The van der Waals surface area contributed by atoms with E-state index < -0.39 is 6.10 Å². The van der Waals surface area contributed by atoms with Crippen molar-refractivity contribution in [2.45, 2.75) is 25.0 Å². The molecule has 2 unspecified atom stereocenters. The minimum atomic E-state index is -0.684. The van der Waals surface area contributed by atoms with Gasteiger partial charge in [-0.1, -0.05) is 6.07 Å². The third-order valence-corrected chi connectivity index (χ3v) is 3.40. The minimum absolute atomic E-state index is 0.174. The Morgan fingerprint density at radius 3 is 2.75 bits per heavy atom. The molecular weight excluding hydrogens is 260 g/mol. The summed E-state index contributed by atoms with van der Waals surface area (Å²) in [6, 6.07) is 5.35. The van der Waals surface area contributed by atoms with Gasteiger partial charge < -0.3 is 24.1 Å². The SMILES string of the molecule is COc1ccc(C(O)COCC2CCCO2)cc1OC. The summed E-state index contributed by atoms with van der Waals surface area (Å²) in [5.41, 5.74) is 0.745. The van der Waals surface area contributed by atoms with E-state index in [1.807, 2.05) is 0 Å². The summed E-state index contributed by atoms with van der Waals surface area (Å²) in [6.07, 6.45) is 1.61. The third kappa shape index (κ3) is 3.85. The smallest absolute Gasteiger partial charge is 0.161 e. The molecule has 5 nitrogen and oxygen atoms in total. The van der Waals surface area contributed by atoms with Crippen LogP contribution >= 0.6 is 0 Å². The normalized spacial score (nSPS) is 19.9. The quantitative estimate of drug-likeness (QED) is 0.828. The van der Waals surface area contributed by atoms with E-state index in [2.05, 4.69) is 0 Å². The second-order valence-electron chi connectivity index (χ2n) is 4.80. The highest BCUT2D eigenvalue weighted by Crippen LogP contribution is 2.30. The van der Waals surface area contributed by atoms with Crippen LogP contribution in [0.5, 0.6) is 11.5 Å². The molecular formula is C15H22O5. The van der Waals surface area contributed by atoms with Crippen molar-refractivity contribution in [2.75, 3.05) is 34.0 Å². The standard InChI is InChI=1S/C15H22O5/c1-17-14-6-5-11(8-15(14)18-2)13(16)10-19-9-12-4-3-7-20-12/h5-6,8,12-13,16H,3-4,7,9-10H2,1-2H3. The van der Waals surface area contributed by atoms with E-state index in [0.29, 0.717) is 18.1 Å². The topological polar surface area (TPSA) is 57.2 Å². The number of aliphatic hydroxyl groups is 1. The van der Waals surface area contributed by atoms with E-state index in [1.165, 1.54) is 0 Å². The van der Waals surface area contributed by atoms with Crippen LogP contribution in [0.2, 0.25) is 0 Å². The van der Waals surface area contributed by atoms with E-state index in [4.69, 9.17) is 18.9 Å². The molecule has 1 fully saturated rings. The summed E-state index contributed by atoms with van der Waals surface area (Å²) in [7, 11) is 3.15. The maximum atomic E-state index is 10.1. The van der Waals surface area contributed by atoms with Gasteiger partial charge in [-0.05, 0) is 30.5 Å². The second-order valence-corrected chi connectivity index (χ2v) is 4.80. The molecule has 2 atom stereocenters. The highest BCUT2D eigenvalue weighted by Gasteiger charge is 2.17. The molecule has 0 aromatic heterocycles. The molecule has 1 N–H and O–H groups in total. The Hall–Kier alpha value is -1.30. The lowest BCUT2D eigenvalue weighted by atomic mass is 10.1. The van der Waals surface area contributed by atoms with Gasteiger partial charge in [0.05, 0.1) is 33.5 Å². The number of hydrogen-bond acceptors (Lipinski definition) is 5. The Labute approximate surface area is 119 Å². The largest absolute Gasteiger partial charge is 0.493 e. The summed E-state index contributed by atoms with van der Waals surface area (Å²) in [5, 5.41) is 10.1. The Balaban J connectivity index is 1.86. The van der Waals surface area contributed by atoms with Crippen molar-refractivity contribution in [2.24, 2.45) is 0 Å². The maximum absolute atomic E-state index is 10.1. The Morgan fingerprint density at radius 2 is 2.10 bits per heavy atom. The zero-order chi connectivity index (χ0) is 14.4. The number of hydrogen-bond donors (Lipinski definition) is 1. The molecule has 1 heterocycles. The molecule has 5 heteroatoms. The van der Waals surface area contributed by atoms with Crippen molar-refractivity contribution in [1.82, 2.24) is 0 Å². The number of benzene rings is 1. The lowest BCUT2D eigenvalue weighted by molar-refractivity contribution is -0.0176. The van der Waals surface area contributed by atoms with Crippen LogP contribution in [0.1, 0.15) is 24.5 Å². The van der Waals surface area contributed by atoms with Crippen molar-refractivity contribution in [1.29, 1.82) is 0 Å². The van der Waals surface area contributed by atoms with E-state index in [1.54, 1.807) is 32.4 Å². The van der Waals surface area contributed by atoms with E-state index in [-0.39, 0.29) is 12.7 Å². The molecule has 1 aromatic carbocycles. The van der Waals surface area contributed by atoms with Gasteiger partial charge in [0, 0.05) is 6.61 Å². The Bertz CT molecular complexity index is 415. The zero-order valence-electron chi connectivity index (χ0n) is 12.0. The first-order valence-corrected chi connectivity index (χ1v) is 6.84. The molecule has 1 aliphatic heterocycles. The van der Waals surface area contributed by atoms with Gasteiger partial charge in [-0.2, -0.15) is 0 Å². The molecule has 112 valence electrons. The van der Waals surface area contributed by atoms with Crippen LogP contribution in [0.4, 0.5) is 0 Å². The second kappa shape index (κ2) is 7.47. The van der Waals surface area contributed by atoms with Crippen molar-refractivity contribution in [3.05, 3.63) is 23.8 Å². The Morgan fingerprint density at radius 1 is 1.30 bits per heavy atom. The number of methoxy groups -OCH3 is 2. The lowest BCUT2D eigenvalue weighted by Gasteiger charge is -2.16. The number of rotatable bonds is 7. The molecule has 0 aliphatic carbocycles. The molecule has 2 rings (SSSR count). The first kappa shape index (κ1) is 15.1. The van der Waals surface area contributed by atoms with Crippen LogP contribution < -0.4 is 9.47 Å². The first-order chi connectivity index (χ1) is 9.74. The maximum Gasteiger partial charge on any atom is 0.161 e. The van der Waals surface area contributed by atoms with Crippen LogP contribution in [0, 0.1) is 0 Å². The van der Waals surface area contributed by atoms with Gasteiger partial charge in [-0.3, -0.25) is 0 Å². The van der Waals surface area contributed by atoms with Gasteiger partial charge in [0.1, 0.15) is 6.10 Å². The predicted octanol–water partition coefficient (Wildman–Crippen LogP) is 1.93. The van der Waals surface area contributed by atoms with Gasteiger partial charge in [0.2, 0.25) is 0 Å². The number of ether oxygens (including phenoxy) is 4. The fourth-order valence-corrected chi connectivity index (χ4v) is 2.24. The van der Waals surface area contributed by atoms with Crippen molar-refractivity contribution in [3.63, 3.8) is 0 Å². The van der Waals surface area contributed by atoms with Crippen molar-refractivity contribution < 1.29 is 24.1 Å². The molecule has 0 spiro atoms. The average Bonchev–Trinajstić information content (AvgIpc) is 2.99. The summed E-state index contributed by atoms with van der Waals surface area (Å²) in [5.74, 6) is 1.24. The Kier molecular flexibility index (Phi) is 5.64. The first-order valence-electron chi connectivity index (χ1n) is 6.84. The molecule has 1 saturated heterocycles. The molecule has 1 aliphatic rings. The van der Waals surface area contributed by atoms with Crippen LogP contribution in [0.25, 0.3) is 0 Å². The summed E-state index contributed by atoms with van der Waals surface area (Å²) >= 11 is 0. The molecule has 0 amide bonds. The van der Waals surface area contributed by atoms with E-state index in [9.17, 15) is 5.11 Å². The predicted molar refractivity (Wildman–Crippen MR) is 74.3 cm³/mol. The lowest BCUT2D eigenvalue weighted by Crippen LogP contribution is -2.17. The van der Waals surface area contributed by atoms with Gasteiger partial charge in [-0.25, -0.2) is 0 Å². The molecule has 20 heavy (non-hydrogen) atoms. The summed E-state index contributed by atoms with van der Waals surface area (Å²) in [4.78, 5) is 0. The highest BCUT2D eigenvalue weighted by molar-refractivity contribution is 5.43. The minimum Gasteiger partial charge on any atom is -0.493 e. The fraction of sp³-hybridized carbons (Fsp3) is 0.600. The summed E-state index contributed by atoms with van der Waals surface area (Å²) < 4.78 is 21.4. The van der Waals surface area contributed by atoms with E-state index in [0.717, 1.165) is 25.0 Å². The molecule has 1 aromatic rings. The number of aliphatic hydroxyl groups excluding tert-OH is 1. The fourth-order valence-electron chi connectivity index (χ4n) is 2.24. The monoisotopic (exact) mass is 282 g/mol. The van der Waals surface area contributed by atoms with E-state index >= 15 is 0 Å².